The van der Waals surface area contributed by atoms with Crippen LogP contribution in [0.4, 0.5) is 8.78 Å². The van der Waals surface area contributed by atoms with Crippen molar-refractivity contribution in [2.24, 2.45) is 0 Å². The van der Waals surface area contributed by atoms with Crippen LogP contribution in [0.15, 0.2) is 22.9 Å². The van der Waals surface area contributed by atoms with Crippen LogP contribution in [-0.4, -0.2) is 5.78 Å². The monoisotopic (exact) mass is 252 g/mol. The van der Waals surface area contributed by atoms with Gasteiger partial charge < -0.3 is 0 Å². The molecule has 4 heteroatoms. The van der Waals surface area contributed by atoms with E-state index >= 15 is 0 Å². The predicted octanol–water partition coefficient (Wildman–Crippen LogP) is 3.87. The molecule has 0 aliphatic heterocycles. The average molecular weight is 252 g/mol. The molecule has 0 aliphatic carbocycles. The van der Waals surface area contributed by atoms with Crippen molar-refractivity contribution in [1.82, 2.24) is 0 Å². The van der Waals surface area contributed by atoms with Gasteiger partial charge >= 0.3 is 0 Å². The van der Waals surface area contributed by atoms with Gasteiger partial charge in [-0.1, -0.05) is 0 Å². The SMILES string of the molecule is Cc1cc(C(=O)c2cscc2C)c(F)cc1F. The maximum Gasteiger partial charge on any atom is 0.197 e. The Balaban J connectivity index is 2.52. The maximum absolute atomic E-state index is 13.5. The fourth-order valence-corrected chi connectivity index (χ4v) is 2.40. The number of hydrogen-bond donors (Lipinski definition) is 0. The Hall–Kier alpha value is -1.55. The smallest absolute Gasteiger partial charge is 0.197 e. The van der Waals surface area contributed by atoms with E-state index in [1.807, 2.05) is 5.38 Å². The van der Waals surface area contributed by atoms with Crippen LogP contribution in [-0.2, 0) is 0 Å². The third kappa shape index (κ3) is 2.13. The summed E-state index contributed by atoms with van der Waals surface area (Å²) in [5, 5.41) is 3.50. The van der Waals surface area contributed by atoms with Crippen LogP contribution >= 0.6 is 11.3 Å². The van der Waals surface area contributed by atoms with E-state index in [0.29, 0.717) is 5.56 Å². The van der Waals surface area contributed by atoms with E-state index in [1.165, 1.54) is 24.3 Å². The maximum atomic E-state index is 13.5. The summed E-state index contributed by atoms with van der Waals surface area (Å²) >= 11 is 1.39. The molecule has 0 saturated carbocycles. The number of aryl methyl sites for hydroxylation is 2. The van der Waals surface area contributed by atoms with E-state index in [-0.39, 0.29) is 11.1 Å². The second-order valence-electron chi connectivity index (χ2n) is 3.88. The van der Waals surface area contributed by atoms with Crippen LogP contribution in [0.1, 0.15) is 27.0 Å². The zero-order valence-electron chi connectivity index (χ0n) is 9.38. The van der Waals surface area contributed by atoms with Gasteiger partial charge in [-0.3, -0.25) is 4.79 Å². The van der Waals surface area contributed by atoms with E-state index in [1.54, 1.807) is 12.3 Å². The first-order valence-corrected chi connectivity index (χ1v) is 5.98. The van der Waals surface area contributed by atoms with Gasteiger partial charge in [0.05, 0.1) is 5.56 Å². The van der Waals surface area contributed by atoms with Crippen molar-refractivity contribution in [2.45, 2.75) is 13.8 Å². The lowest BCUT2D eigenvalue weighted by Crippen LogP contribution is -2.06. The van der Waals surface area contributed by atoms with Crippen LogP contribution in [0.5, 0.6) is 0 Å². The van der Waals surface area contributed by atoms with Crippen LogP contribution in [0, 0.1) is 25.5 Å². The largest absolute Gasteiger partial charge is 0.288 e. The van der Waals surface area contributed by atoms with Gasteiger partial charge in [0, 0.05) is 17.0 Å². The molecule has 0 spiro atoms. The highest BCUT2D eigenvalue weighted by Gasteiger charge is 2.18. The van der Waals surface area contributed by atoms with Crippen molar-refractivity contribution < 1.29 is 13.6 Å². The highest BCUT2D eigenvalue weighted by molar-refractivity contribution is 7.08. The lowest BCUT2D eigenvalue weighted by Gasteiger charge is -2.04. The molecular formula is C13H10F2OS. The van der Waals surface area contributed by atoms with Crippen LogP contribution in [0.3, 0.4) is 0 Å². The molecule has 0 fully saturated rings. The van der Waals surface area contributed by atoms with Crippen molar-refractivity contribution in [1.29, 1.82) is 0 Å². The lowest BCUT2D eigenvalue weighted by atomic mass is 10.0. The van der Waals surface area contributed by atoms with Gasteiger partial charge in [-0.25, -0.2) is 8.78 Å². The van der Waals surface area contributed by atoms with Crippen molar-refractivity contribution in [3.8, 4) is 0 Å². The van der Waals surface area contributed by atoms with Gasteiger partial charge in [0.25, 0.3) is 0 Å². The second kappa shape index (κ2) is 4.37. The number of hydrogen-bond acceptors (Lipinski definition) is 2. The molecule has 0 saturated heterocycles. The Morgan fingerprint density at radius 3 is 2.29 bits per heavy atom. The minimum absolute atomic E-state index is 0.0783. The molecule has 0 radical (unpaired) electrons. The number of carbonyl (C=O) groups excluding carboxylic acids is 1. The summed E-state index contributed by atoms with van der Waals surface area (Å²) in [6, 6.07) is 2.01. The van der Waals surface area contributed by atoms with Crippen LogP contribution < -0.4 is 0 Å². The molecule has 0 aliphatic rings. The summed E-state index contributed by atoms with van der Waals surface area (Å²) in [6.45, 7) is 3.30. The molecule has 0 bridgehead atoms. The molecule has 1 nitrogen and oxygen atoms in total. The topological polar surface area (TPSA) is 17.1 Å². The molecule has 0 amide bonds. The Kier molecular flexibility index (Phi) is 3.07. The van der Waals surface area contributed by atoms with Crippen molar-refractivity contribution in [3.63, 3.8) is 0 Å². The highest BCUT2D eigenvalue weighted by Crippen LogP contribution is 2.21. The number of rotatable bonds is 2. The quantitative estimate of drug-likeness (QED) is 0.741. The Labute approximate surface area is 102 Å². The fourth-order valence-electron chi connectivity index (χ4n) is 1.57. The minimum atomic E-state index is -0.816. The number of ketones is 1. The first kappa shape index (κ1) is 11.9. The molecule has 88 valence electrons. The third-order valence-electron chi connectivity index (χ3n) is 2.59. The molecule has 0 unspecified atom stereocenters. The number of thiophene rings is 1. The molecule has 0 atom stereocenters. The summed E-state index contributed by atoms with van der Waals surface area (Å²) in [5.41, 5.74) is 1.47. The van der Waals surface area contributed by atoms with Gasteiger partial charge in [0.2, 0.25) is 0 Å². The van der Waals surface area contributed by atoms with E-state index in [4.69, 9.17) is 0 Å². The summed E-state index contributed by atoms with van der Waals surface area (Å²) in [4.78, 5) is 12.1. The lowest BCUT2D eigenvalue weighted by molar-refractivity contribution is 0.103. The van der Waals surface area contributed by atoms with Crippen LogP contribution in [0.2, 0.25) is 0 Å². The van der Waals surface area contributed by atoms with Gasteiger partial charge in [-0.15, -0.1) is 0 Å². The predicted molar refractivity (Wildman–Crippen MR) is 63.6 cm³/mol. The standard InChI is InChI=1S/C13H10F2OS/c1-7-3-9(12(15)4-11(7)14)13(16)10-6-17-5-8(10)2/h3-6H,1-2H3. The summed E-state index contributed by atoms with van der Waals surface area (Å²) in [6.07, 6.45) is 0. The van der Waals surface area contributed by atoms with E-state index in [2.05, 4.69) is 0 Å². The van der Waals surface area contributed by atoms with E-state index in [0.717, 1.165) is 11.6 Å². The average Bonchev–Trinajstić information content (AvgIpc) is 2.69. The first-order chi connectivity index (χ1) is 8.00. The molecule has 0 N–H and O–H groups in total. The van der Waals surface area contributed by atoms with E-state index in [9.17, 15) is 13.6 Å². The van der Waals surface area contributed by atoms with Gasteiger partial charge in [-0.05, 0) is 36.4 Å². The molecule has 2 aromatic rings. The highest BCUT2D eigenvalue weighted by atomic mass is 32.1. The number of halogens is 2. The second-order valence-corrected chi connectivity index (χ2v) is 4.62. The van der Waals surface area contributed by atoms with E-state index < -0.39 is 17.4 Å². The Bertz CT molecular complexity index is 587. The number of carbonyl (C=O) groups is 1. The normalized spacial score (nSPS) is 10.6. The fraction of sp³-hybridized carbons (Fsp3) is 0.154. The zero-order chi connectivity index (χ0) is 12.6. The van der Waals surface area contributed by atoms with Crippen molar-refractivity contribution in [3.05, 3.63) is 56.8 Å². The molecule has 1 aromatic carbocycles. The Morgan fingerprint density at radius 2 is 1.71 bits per heavy atom. The summed E-state index contributed by atoms with van der Waals surface area (Å²) in [7, 11) is 0. The zero-order valence-corrected chi connectivity index (χ0v) is 10.2. The molecule has 1 aromatic heterocycles. The third-order valence-corrected chi connectivity index (χ3v) is 3.45. The molecule has 1 heterocycles. The Morgan fingerprint density at radius 1 is 1.00 bits per heavy atom. The van der Waals surface area contributed by atoms with Crippen molar-refractivity contribution in [2.75, 3.05) is 0 Å². The van der Waals surface area contributed by atoms with Crippen molar-refractivity contribution >= 4 is 17.1 Å². The van der Waals surface area contributed by atoms with Crippen LogP contribution in [0.25, 0.3) is 0 Å². The first-order valence-electron chi connectivity index (χ1n) is 5.04. The molecular weight excluding hydrogens is 242 g/mol. The van der Waals surface area contributed by atoms with Gasteiger partial charge in [0.15, 0.2) is 5.78 Å². The number of benzene rings is 1. The molecule has 17 heavy (non-hydrogen) atoms. The minimum Gasteiger partial charge on any atom is -0.288 e. The summed E-state index contributed by atoms with van der Waals surface area (Å²) < 4.78 is 26.6. The van der Waals surface area contributed by atoms with Gasteiger partial charge in [-0.2, -0.15) is 11.3 Å². The van der Waals surface area contributed by atoms with Gasteiger partial charge in [0.1, 0.15) is 11.6 Å². The molecule has 2 rings (SSSR count). The summed E-state index contributed by atoms with van der Waals surface area (Å²) in [5.74, 6) is -1.85.